The van der Waals surface area contributed by atoms with Gasteiger partial charge in [-0.1, -0.05) is 54.9 Å². The summed E-state index contributed by atoms with van der Waals surface area (Å²) in [6.45, 7) is 5.80. The van der Waals surface area contributed by atoms with Gasteiger partial charge < -0.3 is 10.6 Å². The second kappa shape index (κ2) is 10.5. The second-order valence-electron chi connectivity index (χ2n) is 8.84. The van der Waals surface area contributed by atoms with E-state index in [1.165, 1.54) is 0 Å². The van der Waals surface area contributed by atoms with Gasteiger partial charge in [0.15, 0.2) is 0 Å². The number of benzene rings is 2. The molecule has 1 aromatic heterocycles. The summed E-state index contributed by atoms with van der Waals surface area (Å²) in [5, 5.41) is 12.1. The van der Waals surface area contributed by atoms with Gasteiger partial charge in [-0.3, -0.25) is 10.1 Å². The van der Waals surface area contributed by atoms with Crippen LogP contribution >= 0.6 is 15.9 Å². The third-order valence-corrected chi connectivity index (χ3v) is 5.41. The van der Waals surface area contributed by atoms with Crippen LogP contribution in [0.15, 0.2) is 59.1 Å². The van der Waals surface area contributed by atoms with E-state index in [1.54, 1.807) is 53.2 Å². The number of rotatable bonds is 6. The Hall–Kier alpha value is -3.34. The molecule has 3 rings (SSSR count). The monoisotopic (exact) mass is 551 g/mol. The number of nitrogens with one attached hydrogen (secondary N) is 3. The van der Waals surface area contributed by atoms with Gasteiger partial charge in [-0.2, -0.15) is 18.3 Å². The quantitative estimate of drug-likeness (QED) is 0.362. The molecule has 186 valence electrons. The largest absolute Gasteiger partial charge is 0.471 e. The molecule has 3 aromatic rings. The van der Waals surface area contributed by atoms with Crippen LogP contribution in [-0.2, 0) is 16.6 Å². The molecule has 35 heavy (non-hydrogen) atoms. The van der Waals surface area contributed by atoms with Crippen molar-refractivity contribution in [2.75, 3.05) is 17.2 Å². The molecule has 0 saturated heterocycles. The molecule has 7 nitrogen and oxygen atoms in total. The minimum Gasteiger partial charge on any atom is -0.348 e. The van der Waals surface area contributed by atoms with Crippen molar-refractivity contribution < 1.29 is 22.8 Å². The van der Waals surface area contributed by atoms with Gasteiger partial charge in [-0.15, -0.1) is 0 Å². The Morgan fingerprint density at radius 3 is 2.37 bits per heavy atom. The molecule has 0 atom stereocenters. The fourth-order valence-electron chi connectivity index (χ4n) is 3.14. The normalized spacial score (nSPS) is 11.7. The number of nitrogens with zero attached hydrogens (tertiary/aromatic N) is 2. The lowest BCUT2D eigenvalue weighted by Crippen LogP contribution is -2.37. The van der Waals surface area contributed by atoms with E-state index in [0.717, 1.165) is 10.2 Å². The maximum atomic E-state index is 12.7. The standard InChI is InChI=1S/C24H25BrF3N5O2/c1-23(2,3)19-14-20(31-22(35)30-17-8-5-7-16(25)13-17)33(32-19)18-9-4-6-15(12-18)10-11-29-21(34)24(26,27)28/h4-9,12-14H,10-11H2,1-3H3,(H,29,34)(H2,30,31,35). The molecule has 2 aromatic carbocycles. The maximum Gasteiger partial charge on any atom is 0.471 e. The molecule has 0 aliphatic heterocycles. The van der Waals surface area contributed by atoms with Crippen LogP contribution in [0.3, 0.4) is 0 Å². The fourth-order valence-corrected chi connectivity index (χ4v) is 3.54. The van der Waals surface area contributed by atoms with Gasteiger partial charge in [-0.25, -0.2) is 9.48 Å². The number of anilines is 2. The molecule has 0 aliphatic carbocycles. The first-order valence-corrected chi connectivity index (χ1v) is 11.5. The Labute approximate surface area is 209 Å². The molecule has 3 amide bonds. The van der Waals surface area contributed by atoms with Crippen molar-refractivity contribution in [3.63, 3.8) is 0 Å². The number of amides is 3. The molecule has 0 fully saturated rings. The number of halogens is 4. The van der Waals surface area contributed by atoms with E-state index in [0.29, 0.717) is 22.8 Å². The molecule has 0 bridgehead atoms. The highest BCUT2D eigenvalue weighted by atomic mass is 79.9. The third kappa shape index (κ3) is 7.32. The minimum atomic E-state index is -4.92. The van der Waals surface area contributed by atoms with E-state index in [2.05, 4.69) is 31.7 Å². The topological polar surface area (TPSA) is 88.0 Å². The van der Waals surface area contributed by atoms with Gasteiger partial charge in [0.1, 0.15) is 5.82 Å². The predicted octanol–water partition coefficient (Wildman–Crippen LogP) is 5.80. The molecule has 1 heterocycles. The van der Waals surface area contributed by atoms with E-state index in [9.17, 15) is 22.8 Å². The predicted molar refractivity (Wildman–Crippen MR) is 132 cm³/mol. The number of alkyl halides is 3. The first kappa shape index (κ1) is 26.3. The van der Waals surface area contributed by atoms with E-state index < -0.39 is 18.1 Å². The lowest BCUT2D eigenvalue weighted by atomic mass is 9.92. The Bertz CT molecular complexity index is 1220. The van der Waals surface area contributed by atoms with E-state index in [1.807, 2.05) is 32.2 Å². The van der Waals surface area contributed by atoms with Crippen LogP contribution in [0.5, 0.6) is 0 Å². The number of carbonyl (C=O) groups excluding carboxylic acids is 2. The number of carbonyl (C=O) groups is 2. The van der Waals surface area contributed by atoms with Gasteiger partial charge >= 0.3 is 18.1 Å². The summed E-state index contributed by atoms with van der Waals surface area (Å²) in [4.78, 5) is 23.7. The smallest absolute Gasteiger partial charge is 0.348 e. The number of hydrogen-bond donors (Lipinski definition) is 3. The van der Waals surface area contributed by atoms with Crippen molar-refractivity contribution in [1.82, 2.24) is 15.1 Å². The van der Waals surface area contributed by atoms with E-state index in [-0.39, 0.29) is 18.4 Å². The summed E-state index contributed by atoms with van der Waals surface area (Å²) in [6.07, 6.45) is -4.73. The summed E-state index contributed by atoms with van der Waals surface area (Å²) < 4.78 is 39.6. The number of urea groups is 1. The second-order valence-corrected chi connectivity index (χ2v) is 9.76. The average Bonchev–Trinajstić information content (AvgIpc) is 3.17. The highest BCUT2D eigenvalue weighted by molar-refractivity contribution is 9.10. The van der Waals surface area contributed by atoms with Gasteiger partial charge in [-0.05, 0) is 42.3 Å². The molecular formula is C24H25BrF3N5O2. The average molecular weight is 552 g/mol. The van der Waals surface area contributed by atoms with Crippen LogP contribution in [-0.4, -0.2) is 34.4 Å². The summed E-state index contributed by atoms with van der Waals surface area (Å²) in [6, 6.07) is 15.5. The van der Waals surface area contributed by atoms with Crippen molar-refractivity contribution in [1.29, 1.82) is 0 Å². The number of aromatic nitrogens is 2. The SMILES string of the molecule is CC(C)(C)c1cc(NC(=O)Nc2cccc(Br)c2)n(-c2cccc(CCNC(=O)C(F)(F)F)c2)n1. The van der Waals surface area contributed by atoms with Crippen LogP contribution < -0.4 is 16.0 Å². The highest BCUT2D eigenvalue weighted by Crippen LogP contribution is 2.27. The van der Waals surface area contributed by atoms with E-state index in [4.69, 9.17) is 0 Å². The van der Waals surface area contributed by atoms with Crippen LogP contribution in [0.25, 0.3) is 5.69 Å². The van der Waals surface area contributed by atoms with Gasteiger partial charge in [0.05, 0.1) is 11.4 Å². The van der Waals surface area contributed by atoms with Crippen molar-refractivity contribution in [3.8, 4) is 5.69 Å². The molecule has 0 aliphatic rings. The van der Waals surface area contributed by atoms with Gasteiger partial charge in [0.2, 0.25) is 0 Å². The van der Waals surface area contributed by atoms with Gasteiger partial charge in [0.25, 0.3) is 0 Å². The first-order chi connectivity index (χ1) is 16.3. The Morgan fingerprint density at radius 2 is 1.71 bits per heavy atom. The van der Waals surface area contributed by atoms with Crippen molar-refractivity contribution in [3.05, 3.63) is 70.3 Å². The van der Waals surface area contributed by atoms with Crippen LogP contribution in [0.1, 0.15) is 32.0 Å². The molecule has 11 heteroatoms. The van der Waals surface area contributed by atoms with Gasteiger partial charge in [0, 0.05) is 28.2 Å². The van der Waals surface area contributed by atoms with Crippen molar-refractivity contribution in [2.45, 2.75) is 38.8 Å². The Kier molecular flexibility index (Phi) is 7.89. The molecule has 0 saturated carbocycles. The summed E-state index contributed by atoms with van der Waals surface area (Å²) in [5.74, 6) is -1.55. The highest BCUT2D eigenvalue weighted by Gasteiger charge is 2.38. The zero-order chi connectivity index (χ0) is 25.8. The molecule has 3 N–H and O–H groups in total. The van der Waals surface area contributed by atoms with E-state index >= 15 is 0 Å². The summed E-state index contributed by atoms with van der Waals surface area (Å²) >= 11 is 3.36. The molecule has 0 spiro atoms. The minimum absolute atomic E-state index is 0.172. The van der Waals surface area contributed by atoms with Crippen LogP contribution in [0.2, 0.25) is 0 Å². The lowest BCUT2D eigenvalue weighted by Gasteiger charge is -2.14. The van der Waals surface area contributed by atoms with Crippen molar-refractivity contribution in [2.24, 2.45) is 0 Å². The number of hydrogen-bond acceptors (Lipinski definition) is 3. The zero-order valence-electron chi connectivity index (χ0n) is 19.3. The molecular weight excluding hydrogens is 527 g/mol. The molecule has 0 unspecified atom stereocenters. The fraction of sp³-hybridized carbons (Fsp3) is 0.292. The zero-order valence-corrected chi connectivity index (χ0v) is 20.9. The Balaban J connectivity index is 1.81. The Morgan fingerprint density at radius 1 is 1.00 bits per heavy atom. The molecule has 0 radical (unpaired) electrons. The van der Waals surface area contributed by atoms with Crippen molar-refractivity contribution >= 4 is 39.4 Å². The van der Waals surface area contributed by atoms with Crippen LogP contribution in [0.4, 0.5) is 29.5 Å². The van der Waals surface area contributed by atoms with Crippen LogP contribution in [0, 0.1) is 0 Å². The summed E-state index contributed by atoms with van der Waals surface area (Å²) in [5.41, 5.74) is 2.34. The lowest BCUT2D eigenvalue weighted by molar-refractivity contribution is -0.173. The third-order valence-electron chi connectivity index (χ3n) is 4.91. The maximum absolute atomic E-state index is 12.7. The summed E-state index contributed by atoms with van der Waals surface area (Å²) in [7, 11) is 0. The first-order valence-electron chi connectivity index (χ1n) is 10.7.